The van der Waals surface area contributed by atoms with Crippen LogP contribution < -0.4 is 10.5 Å². The molecule has 0 atom stereocenters. The summed E-state index contributed by atoms with van der Waals surface area (Å²) in [6.45, 7) is 1.80. The first-order chi connectivity index (χ1) is 9.90. The zero-order chi connectivity index (χ0) is 15.5. The topological polar surface area (TPSA) is 98.0 Å². The maximum Gasteiger partial charge on any atom is 0.241 e. The second-order valence-corrected chi connectivity index (χ2v) is 6.54. The number of hydrogen-bond acceptors (Lipinski definition) is 5. The molecule has 2 rings (SSSR count). The number of aromatic nitrogens is 2. The average Bonchev–Trinajstić information content (AvgIpc) is 2.46. The van der Waals surface area contributed by atoms with Crippen molar-refractivity contribution in [3.8, 4) is 0 Å². The minimum atomic E-state index is -3.67. The van der Waals surface area contributed by atoms with E-state index in [9.17, 15) is 8.42 Å². The fraction of sp³-hybridized carbons (Fsp3) is 0.154. The van der Waals surface area contributed by atoms with Crippen LogP contribution in [0.3, 0.4) is 0 Å². The van der Waals surface area contributed by atoms with Crippen LogP contribution in [0.5, 0.6) is 0 Å². The SMILES string of the molecule is Cc1ccc(C(N)=S)cc1S(=O)(=O)NCc1ccncn1. The fourth-order valence-electron chi connectivity index (χ4n) is 1.71. The number of nitrogens with two attached hydrogens (primary N) is 1. The summed E-state index contributed by atoms with van der Waals surface area (Å²) >= 11 is 4.87. The van der Waals surface area contributed by atoms with Crippen LogP contribution in [0.4, 0.5) is 0 Å². The molecule has 0 aliphatic carbocycles. The fourth-order valence-corrected chi connectivity index (χ4v) is 3.11. The van der Waals surface area contributed by atoms with Crippen molar-refractivity contribution in [2.75, 3.05) is 0 Å². The Bertz CT molecular complexity index is 761. The van der Waals surface area contributed by atoms with Gasteiger partial charge in [-0.25, -0.2) is 23.1 Å². The van der Waals surface area contributed by atoms with Gasteiger partial charge in [0.25, 0.3) is 0 Å². The van der Waals surface area contributed by atoms with E-state index in [2.05, 4.69) is 14.7 Å². The Morgan fingerprint density at radius 3 is 2.76 bits per heavy atom. The largest absolute Gasteiger partial charge is 0.389 e. The molecule has 8 heteroatoms. The molecule has 0 saturated heterocycles. The van der Waals surface area contributed by atoms with Crippen molar-refractivity contribution in [1.29, 1.82) is 0 Å². The molecule has 1 aromatic carbocycles. The summed E-state index contributed by atoms with van der Waals surface area (Å²) in [6.07, 6.45) is 2.91. The first-order valence-corrected chi connectivity index (χ1v) is 7.94. The summed E-state index contributed by atoms with van der Waals surface area (Å²) in [5.41, 5.74) is 7.25. The highest BCUT2D eigenvalue weighted by Gasteiger charge is 2.17. The van der Waals surface area contributed by atoms with Crippen molar-refractivity contribution < 1.29 is 8.42 Å². The predicted molar refractivity (Wildman–Crippen MR) is 83.1 cm³/mol. The van der Waals surface area contributed by atoms with Gasteiger partial charge in [0.05, 0.1) is 17.1 Å². The maximum atomic E-state index is 12.4. The minimum Gasteiger partial charge on any atom is -0.389 e. The molecule has 0 bridgehead atoms. The van der Waals surface area contributed by atoms with Gasteiger partial charge >= 0.3 is 0 Å². The van der Waals surface area contributed by atoms with E-state index < -0.39 is 10.0 Å². The van der Waals surface area contributed by atoms with Crippen LogP contribution >= 0.6 is 12.2 Å². The van der Waals surface area contributed by atoms with Crippen LogP contribution in [0.15, 0.2) is 41.7 Å². The van der Waals surface area contributed by atoms with E-state index in [-0.39, 0.29) is 16.4 Å². The molecule has 110 valence electrons. The standard InChI is InChI=1S/C13H14N4O2S2/c1-9-2-3-10(13(14)20)6-12(9)21(18,19)17-7-11-4-5-15-8-16-11/h2-6,8,17H,7H2,1H3,(H2,14,20). The Balaban J connectivity index is 2.27. The van der Waals surface area contributed by atoms with E-state index >= 15 is 0 Å². The lowest BCUT2D eigenvalue weighted by molar-refractivity contribution is 0.579. The molecule has 0 amide bonds. The lowest BCUT2D eigenvalue weighted by Crippen LogP contribution is -2.25. The molecule has 0 fully saturated rings. The van der Waals surface area contributed by atoms with Crippen LogP contribution in [-0.2, 0) is 16.6 Å². The van der Waals surface area contributed by atoms with Gasteiger partial charge in [-0.3, -0.25) is 0 Å². The van der Waals surface area contributed by atoms with Gasteiger partial charge < -0.3 is 5.73 Å². The van der Waals surface area contributed by atoms with Crippen LogP contribution in [-0.4, -0.2) is 23.4 Å². The summed E-state index contributed by atoms with van der Waals surface area (Å²) in [4.78, 5) is 8.05. The summed E-state index contributed by atoms with van der Waals surface area (Å²) < 4.78 is 27.2. The van der Waals surface area contributed by atoms with Crippen molar-refractivity contribution in [2.45, 2.75) is 18.4 Å². The Morgan fingerprint density at radius 2 is 2.14 bits per heavy atom. The first-order valence-electron chi connectivity index (χ1n) is 6.05. The number of aryl methyl sites for hydroxylation is 1. The normalized spacial score (nSPS) is 11.3. The van der Waals surface area contributed by atoms with Crippen LogP contribution in [0.2, 0.25) is 0 Å². The maximum absolute atomic E-state index is 12.4. The highest BCUT2D eigenvalue weighted by molar-refractivity contribution is 7.89. The van der Waals surface area contributed by atoms with Gasteiger partial charge in [0.2, 0.25) is 10.0 Å². The number of nitrogens with zero attached hydrogens (tertiary/aromatic N) is 2. The second-order valence-electron chi connectivity index (χ2n) is 4.37. The van der Waals surface area contributed by atoms with E-state index in [4.69, 9.17) is 18.0 Å². The van der Waals surface area contributed by atoms with Crippen molar-refractivity contribution >= 4 is 27.2 Å². The van der Waals surface area contributed by atoms with Crippen molar-refractivity contribution in [3.63, 3.8) is 0 Å². The van der Waals surface area contributed by atoms with Crippen LogP contribution in [0.1, 0.15) is 16.8 Å². The molecular weight excluding hydrogens is 308 g/mol. The van der Waals surface area contributed by atoms with E-state index in [1.54, 1.807) is 31.3 Å². The third kappa shape index (κ3) is 3.81. The molecule has 0 aliphatic rings. The highest BCUT2D eigenvalue weighted by atomic mass is 32.2. The van der Waals surface area contributed by atoms with Gasteiger partial charge in [0.1, 0.15) is 11.3 Å². The van der Waals surface area contributed by atoms with Gasteiger partial charge in [-0.05, 0) is 24.6 Å². The molecule has 0 spiro atoms. The average molecular weight is 322 g/mol. The summed E-state index contributed by atoms with van der Waals surface area (Å²) in [5, 5.41) is 0. The Kier molecular flexibility index (Phi) is 4.61. The lowest BCUT2D eigenvalue weighted by atomic mass is 10.1. The number of nitrogens with one attached hydrogen (secondary N) is 1. The smallest absolute Gasteiger partial charge is 0.241 e. The van der Waals surface area contributed by atoms with Crippen LogP contribution in [0, 0.1) is 6.92 Å². The van der Waals surface area contributed by atoms with Crippen molar-refractivity contribution in [1.82, 2.24) is 14.7 Å². The van der Waals surface area contributed by atoms with Crippen molar-refractivity contribution in [2.24, 2.45) is 5.73 Å². The van der Waals surface area contributed by atoms with Gasteiger partial charge in [0, 0.05) is 11.8 Å². The van der Waals surface area contributed by atoms with Gasteiger partial charge in [-0.15, -0.1) is 0 Å². The molecular formula is C13H14N4O2S2. The third-order valence-corrected chi connectivity index (χ3v) is 4.63. The minimum absolute atomic E-state index is 0.0849. The van der Waals surface area contributed by atoms with Gasteiger partial charge in [0.15, 0.2) is 0 Å². The zero-order valence-electron chi connectivity index (χ0n) is 11.3. The Morgan fingerprint density at radius 1 is 1.38 bits per heavy atom. The molecule has 0 saturated carbocycles. The molecule has 6 nitrogen and oxygen atoms in total. The van der Waals surface area contributed by atoms with Gasteiger partial charge in [-0.2, -0.15) is 0 Å². The lowest BCUT2D eigenvalue weighted by Gasteiger charge is -2.10. The van der Waals surface area contributed by atoms with E-state index in [0.717, 1.165) is 0 Å². The number of benzene rings is 1. The van der Waals surface area contributed by atoms with Gasteiger partial charge in [-0.1, -0.05) is 24.4 Å². The molecule has 3 N–H and O–H groups in total. The van der Waals surface area contributed by atoms with E-state index in [0.29, 0.717) is 16.8 Å². The Labute approximate surface area is 128 Å². The molecule has 1 heterocycles. The highest BCUT2D eigenvalue weighted by Crippen LogP contribution is 2.17. The number of rotatable bonds is 5. The van der Waals surface area contributed by atoms with Crippen LogP contribution in [0.25, 0.3) is 0 Å². The predicted octanol–water partition coefficient (Wildman–Crippen LogP) is 0.898. The molecule has 0 aliphatic heterocycles. The first kappa shape index (κ1) is 15.5. The monoisotopic (exact) mass is 322 g/mol. The molecule has 0 unspecified atom stereocenters. The number of sulfonamides is 1. The van der Waals surface area contributed by atoms with Crippen molar-refractivity contribution in [3.05, 3.63) is 53.6 Å². The second kappa shape index (κ2) is 6.25. The zero-order valence-corrected chi connectivity index (χ0v) is 12.9. The quantitative estimate of drug-likeness (QED) is 0.794. The molecule has 0 radical (unpaired) electrons. The third-order valence-electron chi connectivity index (χ3n) is 2.85. The number of hydrogen-bond donors (Lipinski definition) is 2. The molecule has 2 aromatic rings. The summed E-state index contributed by atoms with van der Waals surface area (Å²) in [5.74, 6) is 0. The van der Waals surface area contributed by atoms with E-state index in [1.807, 2.05) is 0 Å². The summed E-state index contributed by atoms with van der Waals surface area (Å²) in [7, 11) is -3.67. The van der Waals surface area contributed by atoms with E-state index in [1.165, 1.54) is 12.4 Å². The molecule has 1 aromatic heterocycles. The Hall–Kier alpha value is -1.90. The molecule has 21 heavy (non-hydrogen) atoms. The summed E-state index contributed by atoms with van der Waals surface area (Å²) in [6, 6.07) is 6.48. The number of thiocarbonyl (C=S) groups is 1.